The van der Waals surface area contributed by atoms with Crippen LogP contribution in [-0.2, 0) is 0 Å². The predicted molar refractivity (Wildman–Crippen MR) is 82.1 cm³/mol. The molecule has 2 aromatic carbocycles. The summed E-state index contributed by atoms with van der Waals surface area (Å²) in [6.07, 6.45) is 0. The fraction of sp³-hybridized carbons (Fsp3) is 0.133. The zero-order valence-electron chi connectivity index (χ0n) is 11.4. The molecule has 2 aromatic rings. The molecule has 0 aliphatic rings. The van der Waals surface area contributed by atoms with Crippen molar-refractivity contribution in [1.29, 1.82) is 0 Å². The third-order valence-corrected chi connectivity index (χ3v) is 3.56. The van der Waals surface area contributed by atoms with Gasteiger partial charge in [0.15, 0.2) is 5.78 Å². The molecule has 0 N–H and O–H groups in total. The van der Waals surface area contributed by atoms with Gasteiger partial charge in [-0.2, -0.15) is 0 Å². The molecule has 21 heavy (non-hydrogen) atoms. The van der Waals surface area contributed by atoms with Gasteiger partial charge in [-0.3, -0.25) is 14.9 Å². The second-order valence-corrected chi connectivity index (χ2v) is 5.34. The highest BCUT2D eigenvalue weighted by Gasteiger charge is 2.19. The van der Waals surface area contributed by atoms with Crippen molar-refractivity contribution in [2.75, 3.05) is 0 Å². The Labute approximate surface area is 129 Å². The summed E-state index contributed by atoms with van der Waals surface area (Å²) in [5, 5.41) is 11.1. The SMILES string of the molecule is CC(=O)c1ccc(Oc2cccc(C)c2[N+](=O)[O-])c(Br)c1. The van der Waals surface area contributed by atoms with E-state index in [4.69, 9.17) is 4.74 Å². The first-order chi connectivity index (χ1) is 9.90. The minimum Gasteiger partial charge on any atom is -0.449 e. The maximum absolute atomic E-state index is 11.3. The van der Waals surface area contributed by atoms with Gasteiger partial charge in [0.25, 0.3) is 0 Å². The minimum atomic E-state index is -0.470. The summed E-state index contributed by atoms with van der Waals surface area (Å²) in [6.45, 7) is 3.12. The quantitative estimate of drug-likeness (QED) is 0.457. The molecule has 0 bridgehead atoms. The van der Waals surface area contributed by atoms with Crippen LogP contribution in [-0.4, -0.2) is 10.7 Å². The van der Waals surface area contributed by atoms with Gasteiger partial charge >= 0.3 is 5.69 Å². The number of halogens is 1. The van der Waals surface area contributed by atoms with Gasteiger partial charge in [-0.1, -0.05) is 12.1 Å². The van der Waals surface area contributed by atoms with Gasteiger partial charge in [0.05, 0.1) is 9.40 Å². The van der Waals surface area contributed by atoms with Crippen molar-refractivity contribution in [3.8, 4) is 11.5 Å². The van der Waals surface area contributed by atoms with Crippen LogP contribution in [0.1, 0.15) is 22.8 Å². The Bertz CT molecular complexity index is 728. The average molecular weight is 350 g/mol. The number of benzene rings is 2. The lowest BCUT2D eigenvalue weighted by molar-refractivity contribution is -0.386. The molecule has 0 aliphatic heterocycles. The smallest absolute Gasteiger partial charge is 0.314 e. The number of nitro groups is 1. The lowest BCUT2D eigenvalue weighted by Gasteiger charge is -2.10. The zero-order chi connectivity index (χ0) is 15.6. The molecule has 0 radical (unpaired) electrons. The van der Waals surface area contributed by atoms with Gasteiger partial charge in [0, 0.05) is 11.1 Å². The van der Waals surface area contributed by atoms with E-state index < -0.39 is 4.92 Å². The molecule has 0 atom stereocenters. The summed E-state index contributed by atoms with van der Waals surface area (Å²) in [4.78, 5) is 22.0. The van der Waals surface area contributed by atoms with Crippen LogP contribution in [0.15, 0.2) is 40.9 Å². The van der Waals surface area contributed by atoms with Gasteiger partial charge in [0.1, 0.15) is 5.75 Å². The molecule has 5 nitrogen and oxygen atoms in total. The van der Waals surface area contributed by atoms with E-state index >= 15 is 0 Å². The monoisotopic (exact) mass is 349 g/mol. The van der Waals surface area contributed by atoms with E-state index in [1.165, 1.54) is 13.0 Å². The summed E-state index contributed by atoms with van der Waals surface area (Å²) in [6, 6.07) is 9.72. The van der Waals surface area contributed by atoms with E-state index in [2.05, 4.69) is 15.9 Å². The lowest BCUT2D eigenvalue weighted by atomic mass is 10.1. The van der Waals surface area contributed by atoms with Gasteiger partial charge in [0.2, 0.25) is 5.75 Å². The van der Waals surface area contributed by atoms with Gasteiger partial charge in [-0.25, -0.2) is 0 Å². The number of nitro benzene ring substituents is 1. The maximum atomic E-state index is 11.3. The molecule has 108 valence electrons. The number of ether oxygens (including phenoxy) is 1. The normalized spacial score (nSPS) is 10.2. The van der Waals surface area contributed by atoms with E-state index in [-0.39, 0.29) is 17.2 Å². The molecular weight excluding hydrogens is 338 g/mol. The number of nitrogens with zero attached hydrogens (tertiary/aromatic N) is 1. The fourth-order valence-corrected chi connectivity index (χ4v) is 2.33. The lowest BCUT2D eigenvalue weighted by Crippen LogP contribution is -1.97. The molecule has 0 aromatic heterocycles. The van der Waals surface area contributed by atoms with Crippen LogP contribution < -0.4 is 4.74 Å². The molecule has 0 saturated heterocycles. The van der Waals surface area contributed by atoms with E-state index in [1.54, 1.807) is 37.3 Å². The molecule has 0 aliphatic carbocycles. The molecule has 0 heterocycles. The minimum absolute atomic E-state index is 0.0659. The van der Waals surface area contributed by atoms with Crippen molar-refractivity contribution >= 4 is 27.4 Å². The third-order valence-electron chi connectivity index (χ3n) is 2.94. The standard InChI is InChI=1S/C15H12BrNO4/c1-9-4-3-5-14(15(9)17(19)20)21-13-7-6-11(10(2)18)8-12(13)16/h3-8H,1-2H3. The van der Waals surface area contributed by atoms with Gasteiger partial charge in [-0.05, 0) is 54.0 Å². The first-order valence-corrected chi connectivity index (χ1v) is 6.92. The Kier molecular flexibility index (Phi) is 4.37. The number of hydrogen-bond acceptors (Lipinski definition) is 4. The summed E-state index contributed by atoms with van der Waals surface area (Å²) >= 11 is 3.31. The summed E-state index contributed by atoms with van der Waals surface area (Å²) < 4.78 is 6.18. The van der Waals surface area contributed by atoms with Crippen molar-refractivity contribution in [3.63, 3.8) is 0 Å². The highest BCUT2D eigenvalue weighted by molar-refractivity contribution is 9.10. The summed E-state index contributed by atoms with van der Waals surface area (Å²) in [7, 11) is 0. The number of ketones is 1. The third kappa shape index (κ3) is 3.28. The average Bonchev–Trinajstić information content (AvgIpc) is 2.40. The number of hydrogen-bond donors (Lipinski definition) is 0. The molecule has 0 saturated carbocycles. The molecule has 6 heteroatoms. The van der Waals surface area contributed by atoms with Crippen LogP contribution in [0.4, 0.5) is 5.69 Å². The van der Waals surface area contributed by atoms with Crippen molar-refractivity contribution in [1.82, 2.24) is 0 Å². The van der Waals surface area contributed by atoms with E-state index in [0.29, 0.717) is 21.3 Å². The highest BCUT2D eigenvalue weighted by atomic mass is 79.9. The van der Waals surface area contributed by atoms with Gasteiger partial charge < -0.3 is 4.74 Å². The largest absolute Gasteiger partial charge is 0.449 e. The Morgan fingerprint density at radius 1 is 1.24 bits per heavy atom. The van der Waals surface area contributed by atoms with Crippen LogP contribution in [0.2, 0.25) is 0 Å². The first kappa shape index (κ1) is 15.2. The maximum Gasteiger partial charge on any atom is 0.314 e. The molecule has 2 rings (SSSR count). The summed E-state index contributed by atoms with van der Waals surface area (Å²) in [5.41, 5.74) is 0.988. The molecule has 0 amide bonds. The van der Waals surface area contributed by atoms with Crippen molar-refractivity contribution in [3.05, 3.63) is 62.1 Å². The Hall–Kier alpha value is -2.21. The number of aryl methyl sites for hydroxylation is 1. The molecule has 0 spiro atoms. The highest BCUT2D eigenvalue weighted by Crippen LogP contribution is 2.37. The van der Waals surface area contributed by atoms with Crippen molar-refractivity contribution in [2.24, 2.45) is 0 Å². The van der Waals surface area contributed by atoms with Crippen molar-refractivity contribution in [2.45, 2.75) is 13.8 Å². The second kappa shape index (κ2) is 6.05. The Morgan fingerprint density at radius 2 is 1.95 bits per heavy atom. The van der Waals surface area contributed by atoms with E-state index in [0.717, 1.165) is 0 Å². The number of Topliss-reactive ketones (excluding diaryl/α,β-unsaturated/α-hetero) is 1. The Balaban J connectivity index is 2.42. The molecular formula is C15H12BrNO4. The second-order valence-electron chi connectivity index (χ2n) is 4.48. The van der Waals surface area contributed by atoms with Crippen LogP contribution in [0.5, 0.6) is 11.5 Å². The number of carbonyl (C=O) groups is 1. The number of carbonyl (C=O) groups excluding carboxylic acids is 1. The van der Waals surface area contributed by atoms with Crippen LogP contribution in [0, 0.1) is 17.0 Å². The van der Waals surface area contributed by atoms with E-state index in [9.17, 15) is 14.9 Å². The van der Waals surface area contributed by atoms with Crippen LogP contribution in [0.3, 0.4) is 0 Å². The fourth-order valence-electron chi connectivity index (χ4n) is 1.87. The number of rotatable bonds is 4. The topological polar surface area (TPSA) is 69.4 Å². The first-order valence-electron chi connectivity index (χ1n) is 6.12. The van der Waals surface area contributed by atoms with Crippen molar-refractivity contribution < 1.29 is 14.5 Å². The molecule has 0 fully saturated rings. The number of para-hydroxylation sites is 1. The zero-order valence-corrected chi connectivity index (χ0v) is 13.0. The predicted octanol–water partition coefficient (Wildman–Crippen LogP) is 4.66. The van der Waals surface area contributed by atoms with Gasteiger partial charge in [-0.15, -0.1) is 0 Å². The molecule has 0 unspecified atom stereocenters. The summed E-state index contributed by atoms with van der Waals surface area (Å²) in [5.74, 6) is 0.508. The van der Waals surface area contributed by atoms with Crippen LogP contribution >= 0.6 is 15.9 Å². The Morgan fingerprint density at radius 3 is 2.52 bits per heavy atom. The van der Waals surface area contributed by atoms with Crippen LogP contribution in [0.25, 0.3) is 0 Å². The van der Waals surface area contributed by atoms with E-state index in [1.807, 2.05) is 0 Å².